The third-order valence-electron chi connectivity index (χ3n) is 2.94. The standard InChI is InChI=1S/C12H14BrF2N/c1-9-2-3-11(10(13)8-9)16-6-4-12(14,15)5-7-16/h2-3,8H,4-7H2,1H3. The van der Waals surface area contributed by atoms with Crippen LogP contribution in [0.2, 0.25) is 0 Å². The average molecular weight is 290 g/mol. The van der Waals surface area contributed by atoms with Crippen LogP contribution in [0.4, 0.5) is 14.5 Å². The van der Waals surface area contributed by atoms with E-state index in [2.05, 4.69) is 15.9 Å². The van der Waals surface area contributed by atoms with Gasteiger partial charge in [0.1, 0.15) is 0 Å². The topological polar surface area (TPSA) is 3.24 Å². The smallest absolute Gasteiger partial charge is 0.251 e. The molecule has 1 aliphatic heterocycles. The van der Waals surface area contributed by atoms with Gasteiger partial charge in [0, 0.05) is 30.4 Å². The SMILES string of the molecule is Cc1ccc(N2CCC(F)(F)CC2)c(Br)c1. The van der Waals surface area contributed by atoms with Crippen molar-refractivity contribution >= 4 is 21.6 Å². The molecule has 0 atom stereocenters. The Kier molecular flexibility index (Phi) is 3.19. The lowest BCUT2D eigenvalue weighted by molar-refractivity contribution is -0.0220. The molecule has 1 aromatic carbocycles. The number of nitrogens with zero attached hydrogens (tertiary/aromatic N) is 1. The monoisotopic (exact) mass is 289 g/mol. The maximum atomic E-state index is 13.0. The van der Waals surface area contributed by atoms with Crippen LogP contribution in [0.1, 0.15) is 18.4 Å². The second-order valence-electron chi connectivity index (χ2n) is 4.30. The molecular formula is C12H14BrF2N. The second-order valence-corrected chi connectivity index (χ2v) is 5.15. The molecule has 0 N–H and O–H groups in total. The van der Waals surface area contributed by atoms with Crippen LogP contribution in [0.25, 0.3) is 0 Å². The first kappa shape index (κ1) is 11.8. The number of alkyl halides is 2. The highest BCUT2D eigenvalue weighted by atomic mass is 79.9. The van der Waals surface area contributed by atoms with Gasteiger partial charge in [0.2, 0.25) is 0 Å². The van der Waals surface area contributed by atoms with Crippen LogP contribution in [0, 0.1) is 6.92 Å². The Hall–Kier alpha value is -0.640. The maximum absolute atomic E-state index is 13.0. The van der Waals surface area contributed by atoms with Gasteiger partial charge in [-0.15, -0.1) is 0 Å². The molecule has 0 radical (unpaired) electrons. The number of rotatable bonds is 1. The fourth-order valence-corrected chi connectivity index (χ4v) is 2.69. The van der Waals surface area contributed by atoms with Crippen LogP contribution in [-0.4, -0.2) is 19.0 Å². The van der Waals surface area contributed by atoms with Crippen LogP contribution in [0.5, 0.6) is 0 Å². The first-order chi connectivity index (χ1) is 7.48. The molecule has 1 aromatic rings. The quantitative estimate of drug-likeness (QED) is 0.756. The molecule has 16 heavy (non-hydrogen) atoms. The number of hydrogen-bond acceptors (Lipinski definition) is 1. The first-order valence-corrected chi connectivity index (χ1v) is 6.16. The van der Waals surface area contributed by atoms with E-state index in [1.165, 1.54) is 0 Å². The van der Waals surface area contributed by atoms with Crippen LogP contribution in [0.15, 0.2) is 22.7 Å². The summed E-state index contributed by atoms with van der Waals surface area (Å²) in [6.45, 7) is 2.86. The Morgan fingerprint density at radius 1 is 1.25 bits per heavy atom. The van der Waals surface area contributed by atoms with E-state index in [1.54, 1.807) is 0 Å². The molecule has 0 aromatic heterocycles. The molecule has 0 unspecified atom stereocenters. The first-order valence-electron chi connectivity index (χ1n) is 5.37. The molecule has 1 heterocycles. The zero-order valence-electron chi connectivity index (χ0n) is 9.14. The Bertz CT molecular complexity index is 383. The van der Waals surface area contributed by atoms with E-state index in [-0.39, 0.29) is 12.8 Å². The lowest BCUT2D eigenvalue weighted by Crippen LogP contribution is -2.39. The predicted octanol–water partition coefficient (Wildman–Crippen LogP) is 3.99. The van der Waals surface area contributed by atoms with Crippen molar-refractivity contribution in [3.05, 3.63) is 28.2 Å². The number of hydrogen-bond donors (Lipinski definition) is 0. The van der Waals surface area contributed by atoms with E-state index < -0.39 is 5.92 Å². The molecule has 2 rings (SSSR count). The van der Waals surface area contributed by atoms with Crippen LogP contribution >= 0.6 is 15.9 Å². The number of anilines is 1. The Labute approximate surface area is 103 Å². The van der Waals surface area contributed by atoms with Gasteiger partial charge in [-0.2, -0.15) is 0 Å². The number of halogens is 3. The van der Waals surface area contributed by atoms with Gasteiger partial charge in [-0.05, 0) is 40.5 Å². The lowest BCUT2D eigenvalue weighted by atomic mass is 10.1. The van der Waals surface area contributed by atoms with Crippen molar-refractivity contribution in [2.24, 2.45) is 0 Å². The van der Waals surface area contributed by atoms with E-state index in [9.17, 15) is 8.78 Å². The van der Waals surface area contributed by atoms with Crippen LogP contribution in [-0.2, 0) is 0 Å². The largest absolute Gasteiger partial charge is 0.370 e. The average Bonchev–Trinajstić information content (AvgIpc) is 2.19. The van der Waals surface area contributed by atoms with Crippen molar-refractivity contribution in [2.45, 2.75) is 25.7 Å². The molecule has 88 valence electrons. The summed E-state index contributed by atoms with van der Waals surface area (Å²) in [5, 5.41) is 0. The Morgan fingerprint density at radius 2 is 1.88 bits per heavy atom. The molecular weight excluding hydrogens is 276 g/mol. The number of aryl methyl sites for hydroxylation is 1. The molecule has 1 nitrogen and oxygen atoms in total. The summed E-state index contributed by atoms with van der Waals surface area (Å²) >= 11 is 3.48. The third kappa shape index (κ3) is 2.54. The molecule has 4 heteroatoms. The van der Waals surface area contributed by atoms with Crippen molar-refractivity contribution in [1.29, 1.82) is 0 Å². The van der Waals surface area contributed by atoms with E-state index >= 15 is 0 Å². The molecule has 1 aliphatic rings. The maximum Gasteiger partial charge on any atom is 0.251 e. The summed E-state index contributed by atoms with van der Waals surface area (Å²) in [5.74, 6) is -2.48. The minimum Gasteiger partial charge on any atom is -0.370 e. The summed E-state index contributed by atoms with van der Waals surface area (Å²) in [6, 6.07) is 6.01. The van der Waals surface area contributed by atoms with Gasteiger partial charge in [0.05, 0.1) is 5.69 Å². The summed E-state index contributed by atoms with van der Waals surface area (Å²) in [6.07, 6.45) is -0.0966. The van der Waals surface area contributed by atoms with Crippen molar-refractivity contribution in [1.82, 2.24) is 0 Å². The molecule has 0 spiro atoms. The van der Waals surface area contributed by atoms with Gasteiger partial charge in [0.15, 0.2) is 0 Å². The van der Waals surface area contributed by atoms with E-state index in [0.717, 1.165) is 15.7 Å². The van der Waals surface area contributed by atoms with Crippen molar-refractivity contribution < 1.29 is 8.78 Å². The van der Waals surface area contributed by atoms with E-state index in [0.29, 0.717) is 13.1 Å². The highest BCUT2D eigenvalue weighted by Gasteiger charge is 2.34. The zero-order chi connectivity index (χ0) is 11.8. The van der Waals surface area contributed by atoms with E-state index in [1.807, 2.05) is 30.0 Å². The lowest BCUT2D eigenvalue weighted by Gasteiger charge is -2.34. The highest BCUT2D eigenvalue weighted by Crippen LogP contribution is 2.34. The molecule has 1 fully saturated rings. The van der Waals surface area contributed by atoms with Gasteiger partial charge in [-0.3, -0.25) is 0 Å². The van der Waals surface area contributed by atoms with Crippen molar-refractivity contribution in [3.63, 3.8) is 0 Å². The van der Waals surface area contributed by atoms with Gasteiger partial charge >= 0.3 is 0 Å². The Balaban J connectivity index is 2.14. The molecule has 1 saturated heterocycles. The summed E-state index contributed by atoms with van der Waals surface area (Å²) in [4.78, 5) is 2.01. The van der Waals surface area contributed by atoms with Gasteiger partial charge < -0.3 is 4.90 Å². The molecule has 0 aliphatic carbocycles. The van der Waals surface area contributed by atoms with Gasteiger partial charge in [-0.25, -0.2) is 8.78 Å². The molecule has 0 saturated carbocycles. The normalized spacial score (nSPS) is 19.9. The molecule has 0 bridgehead atoms. The minimum atomic E-state index is -2.48. The fourth-order valence-electron chi connectivity index (χ4n) is 1.94. The van der Waals surface area contributed by atoms with Crippen molar-refractivity contribution in [3.8, 4) is 0 Å². The van der Waals surface area contributed by atoms with Crippen LogP contribution < -0.4 is 4.90 Å². The summed E-state index contributed by atoms with van der Waals surface area (Å²) < 4.78 is 27.0. The predicted molar refractivity (Wildman–Crippen MR) is 65.3 cm³/mol. The summed E-state index contributed by atoms with van der Waals surface area (Å²) in [7, 11) is 0. The zero-order valence-corrected chi connectivity index (χ0v) is 10.7. The van der Waals surface area contributed by atoms with Crippen molar-refractivity contribution in [2.75, 3.05) is 18.0 Å². The molecule has 0 amide bonds. The minimum absolute atomic E-state index is 0.0483. The number of benzene rings is 1. The second kappa shape index (κ2) is 4.32. The fraction of sp³-hybridized carbons (Fsp3) is 0.500. The summed E-state index contributed by atoms with van der Waals surface area (Å²) in [5.41, 5.74) is 2.18. The highest BCUT2D eigenvalue weighted by molar-refractivity contribution is 9.10. The Morgan fingerprint density at radius 3 is 2.44 bits per heavy atom. The third-order valence-corrected chi connectivity index (χ3v) is 3.57. The van der Waals surface area contributed by atoms with E-state index in [4.69, 9.17) is 0 Å². The van der Waals surface area contributed by atoms with Crippen LogP contribution in [0.3, 0.4) is 0 Å². The van der Waals surface area contributed by atoms with Gasteiger partial charge in [-0.1, -0.05) is 6.07 Å². The van der Waals surface area contributed by atoms with Gasteiger partial charge in [0.25, 0.3) is 5.92 Å². The number of piperidine rings is 1.